The van der Waals surface area contributed by atoms with Gasteiger partial charge in [0.05, 0.1) is 24.4 Å². The molecular formula is C12H12ClN3O2. The normalized spacial score (nSPS) is 10.6. The predicted molar refractivity (Wildman–Crippen MR) is 66.8 cm³/mol. The first-order valence-electron chi connectivity index (χ1n) is 5.40. The number of nitrogens with zero attached hydrogens (tertiary/aromatic N) is 3. The molecule has 0 saturated carbocycles. The van der Waals surface area contributed by atoms with Crippen molar-refractivity contribution in [1.82, 2.24) is 14.8 Å². The van der Waals surface area contributed by atoms with Gasteiger partial charge in [0.1, 0.15) is 11.4 Å². The molecule has 6 heteroatoms. The summed E-state index contributed by atoms with van der Waals surface area (Å²) in [4.78, 5) is 16.3. The van der Waals surface area contributed by atoms with E-state index in [2.05, 4.69) is 10.1 Å². The Hall–Kier alpha value is -1.72. The van der Waals surface area contributed by atoms with Crippen LogP contribution < -0.4 is 0 Å². The number of hydrogen-bond acceptors (Lipinski definition) is 4. The van der Waals surface area contributed by atoms with E-state index in [1.807, 2.05) is 0 Å². The Morgan fingerprint density at radius 3 is 3.00 bits per heavy atom. The molecule has 2 rings (SSSR count). The van der Waals surface area contributed by atoms with Crippen molar-refractivity contribution in [2.45, 2.75) is 6.54 Å². The number of pyridine rings is 1. The molecule has 0 atom stereocenters. The predicted octanol–water partition coefficient (Wildman–Crippen LogP) is 1.81. The molecule has 0 unspecified atom stereocenters. The van der Waals surface area contributed by atoms with Gasteiger partial charge in [-0.3, -0.25) is 14.5 Å². The minimum absolute atomic E-state index is 0.241. The average molecular weight is 266 g/mol. The fourth-order valence-electron chi connectivity index (χ4n) is 1.55. The molecule has 0 amide bonds. The summed E-state index contributed by atoms with van der Waals surface area (Å²) in [5.41, 5.74) is 0.686. The third-order valence-electron chi connectivity index (χ3n) is 2.41. The summed E-state index contributed by atoms with van der Waals surface area (Å²) in [7, 11) is 1.59. The molecule has 0 radical (unpaired) electrons. The molecule has 0 spiro atoms. The quantitative estimate of drug-likeness (QED) is 0.774. The van der Waals surface area contributed by atoms with Gasteiger partial charge in [-0.2, -0.15) is 5.10 Å². The lowest BCUT2D eigenvalue weighted by molar-refractivity contribution is 0.102. The zero-order valence-corrected chi connectivity index (χ0v) is 10.6. The smallest absolute Gasteiger partial charge is 0.230 e. The minimum Gasteiger partial charge on any atom is -0.383 e. The summed E-state index contributed by atoms with van der Waals surface area (Å²) in [6.45, 7) is 0.928. The van der Waals surface area contributed by atoms with Crippen molar-refractivity contribution in [2.24, 2.45) is 0 Å². The summed E-state index contributed by atoms with van der Waals surface area (Å²) in [6, 6.07) is 5.15. The first kappa shape index (κ1) is 12.7. The van der Waals surface area contributed by atoms with Crippen LogP contribution in [-0.4, -0.2) is 34.3 Å². The molecule has 0 N–H and O–H groups in total. The fourth-order valence-corrected chi connectivity index (χ4v) is 1.78. The Morgan fingerprint density at radius 2 is 2.33 bits per heavy atom. The molecule has 0 bridgehead atoms. The van der Waals surface area contributed by atoms with Crippen LogP contribution in [0.5, 0.6) is 0 Å². The van der Waals surface area contributed by atoms with Crippen molar-refractivity contribution >= 4 is 17.4 Å². The second-order valence-electron chi connectivity index (χ2n) is 3.60. The highest BCUT2D eigenvalue weighted by Crippen LogP contribution is 2.18. The Labute approximate surface area is 109 Å². The third kappa shape index (κ3) is 2.57. The van der Waals surface area contributed by atoms with E-state index in [0.29, 0.717) is 29.6 Å². The van der Waals surface area contributed by atoms with Gasteiger partial charge in [0.25, 0.3) is 0 Å². The van der Waals surface area contributed by atoms with E-state index in [0.717, 1.165) is 0 Å². The number of rotatable bonds is 5. The molecule has 0 aliphatic carbocycles. The topological polar surface area (TPSA) is 57.0 Å². The highest BCUT2D eigenvalue weighted by molar-refractivity contribution is 6.34. The van der Waals surface area contributed by atoms with Gasteiger partial charge in [0, 0.05) is 13.3 Å². The van der Waals surface area contributed by atoms with Crippen LogP contribution in [0.4, 0.5) is 0 Å². The highest BCUT2D eigenvalue weighted by atomic mass is 35.5. The van der Waals surface area contributed by atoms with Gasteiger partial charge in [-0.15, -0.1) is 0 Å². The van der Waals surface area contributed by atoms with Crippen LogP contribution in [0.2, 0.25) is 5.02 Å². The minimum atomic E-state index is -0.241. The van der Waals surface area contributed by atoms with Crippen LogP contribution in [0, 0.1) is 0 Å². The second-order valence-corrected chi connectivity index (χ2v) is 4.01. The standard InChI is InChI=1S/C12H12ClN3O2/c1-18-7-6-16-11(9(13)8-15-16)12(17)10-4-2-3-5-14-10/h2-5,8H,6-7H2,1H3. The molecule has 94 valence electrons. The number of ketones is 1. The lowest BCUT2D eigenvalue weighted by Gasteiger charge is -2.06. The Kier molecular flexibility index (Phi) is 4.07. The van der Waals surface area contributed by atoms with Crippen LogP contribution in [0.25, 0.3) is 0 Å². The van der Waals surface area contributed by atoms with Crippen LogP contribution in [-0.2, 0) is 11.3 Å². The Bertz CT molecular complexity index is 540. The Balaban J connectivity index is 2.32. The van der Waals surface area contributed by atoms with Crippen LogP contribution >= 0.6 is 11.6 Å². The van der Waals surface area contributed by atoms with E-state index < -0.39 is 0 Å². The lowest BCUT2D eigenvalue weighted by Crippen LogP contribution is -2.15. The summed E-state index contributed by atoms with van der Waals surface area (Å²) >= 11 is 6.00. The molecule has 5 nitrogen and oxygen atoms in total. The maximum atomic E-state index is 12.3. The third-order valence-corrected chi connectivity index (χ3v) is 2.69. The summed E-state index contributed by atoms with van der Waals surface area (Å²) in [5.74, 6) is -0.241. The van der Waals surface area contributed by atoms with Gasteiger partial charge < -0.3 is 4.74 Å². The average Bonchev–Trinajstić information content (AvgIpc) is 2.77. The van der Waals surface area contributed by atoms with Gasteiger partial charge in [0.15, 0.2) is 0 Å². The molecule has 0 aromatic carbocycles. The van der Waals surface area contributed by atoms with Crippen molar-refractivity contribution in [3.63, 3.8) is 0 Å². The molecule has 0 fully saturated rings. The second kappa shape index (κ2) is 5.75. The fraction of sp³-hybridized carbons (Fsp3) is 0.250. The van der Waals surface area contributed by atoms with Gasteiger partial charge in [-0.25, -0.2) is 0 Å². The number of aromatic nitrogens is 3. The van der Waals surface area contributed by atoms with Gasteiger partial charge in [-0.1, -0.05) is 17.7 Å². The maximum Gasteiger partial charge on any atom is 0.230 e. The first-order valence-corrected chi connectivity index (χ1v) is 5.78. The summed E-state index contributed by atoms with van der Waals surface area (Å²) < 4.78 is 6.50. The zero-order chi connectivity index (χ0) is 13.0. The number of ether oxygens (including phenoxy) is 1. The number of carbonyl (C=O) groups is 1. The van der Waals surface area contributed by atoms with Gasteiger partial charge in [0.2, 0.25) is 5.78 Å². The molecule has 0 aliphatic rings. The van der Waals surface area contributed by atoms with Gasteiger partial charge in [-0.05, 0) is 12.1 Å². The molecule has 18 heavy (non-hydrogen) atoms. The first-order chi connectivity index (χ1) is 8.74. The van der Waals surface area contributed by atoms with E-state index >= 15 is 0 Å². The summed E-state index contributed by atoms with van der Waals surface area (Å²) in [6.07, 6.45) is 3.02. The molecule has 0 saturated heterocycles. The van der Waals surface area contributed by atoms with E-state index in [1.165, 1.54) is 10.9 Å². The molecule has 2 aromatic rings. The number of halogens is 1. The monoisotopic (exact) mass is 265 g/mol. The van der Waals surface area contributed by atoms with Crippen LogP contribution in [0.3, 0.4) is 0 Å². The van der Waals surface area contributed by atoms with E-state index in [-0.39, 0.29) is 5.78 Å². The van der Waals surface area contributed by atoms with E-state index in [4.69, 9.17) is 16.3 Å². The van der Waals surface area contributed by atoms with Gasteiger partial charge >= 0.3 is 0 Å². The Morgan fingerprint density at radius 1 is 1.50 bits per heavy atom. The lowest BCUT2D eigenvalue weighted by atomic mass is 10.2. The van der Waals surface area contributed by atoms with Crippen molar-refractivity contribution in [2.75, 3.05) is 13.7 Å². The molecular weight excluding hydrogens is 254 g/mol. The molecule has 2 aromatic heterocycles. The zero-order valence-electron chi connectivity index (χ0n) is 9.84. The maximum absolute atomic E-state index is 12.3. The number of methoxy groups -OCH3 is 1. The van der Waals surface area contributed by atoms with Crippen molar-refractivity contribution in [3.05, 3.63) is 47.0 Å². The largest absolute Gasteiger partial charge is 0.383 e. The van der Waals surface area contributed by atoms with Crippen LogP contribution in [0.1, 0.15) is 16.2 Å². The highest BCUT2D eigenvalue weighted by Gasteiger charge is 2.19. The summed E-state index contributed by atoms with van der Waals surface area (Å²) in [5, 5.41) is 4.38. The molecule has 2 heterocycles. The van der Waals surface area contributed by atoms with Crippen molar-refractivity contribution < 1.29 is 9.53 Å². The number of hydrogen-bond donors (Lipinski definition) is 0. The molecule has 0 aliphatic heterocycles. The van der Waals surface area contributed by atoms with Crippen molar-refractivity contribution in [1.29, 1.82) is 0 Å². The van der Waals surface area contributed by atoms with E-state index in [1.54, 1.807) is 31.5 Å². The number of carbonyl (C=O) groups excluding carboxylic acids is 1. The van der Waals surface area contributed by atoms with Crippen LogP contribution in [0.15, 0.2) is 30.6 Å². The van der Waals surface area contributed by atoms with Crippen molar-refractivity contribution in [3.8, 4) is 0 Å². The van der Waals surface area contributed by atoms with E-state index in [9.17, 15) is 4.79 Å². The SMILES string of the molecule is COCCn1ncc(Cl)c1C(=O)c1ccccn1.